The molecule has 0 aromatic carbocycles. The summed E-state index contributed by atoms with van der Waals surface area (Å²) in [5, 5.41) is 5.76. The molecule has 2 N–H and O–H groups in total. The van der Waals surface area contributed by atoms with Gasteiger partial charge in [-0.1, -0.05) is 20.8 Å². The molecule has 0 aliphatic rings. The normalized spacial score (nSPS) is 13.0. The summed E-state index contributed by atoms with van der Waals surface area (Å²) in [6, 6.07) is 0. The van der Waals surface area contributed by atoms with Crippen molar-refractivity contribution in [3.8, 4) is 0 Å². The first kappa shape index (κ1) is 29.2. The van der Waals surface area contributed by atoms with Gasteiger partial charge in [-0.15, -0.1) is 0 Å². The zero-order valence-electron chi connectivity index (χ0n) is 19.5. The highest BCUT2D eigenvalue weighted by Gasteiger charge is 2.30. The molecule has 1 unspecified atom stereocenters. The van der Waals surface area contributed by atoms with Crippen LogP contribution in [-0.2, 0) is 28.5 Å². The third kappa shape index (κ3) is 16.9. The van der Waals surface area contributed by atoms with E-state index in [1.807, 2.05) is 0 Å². The fourth-order valence-electron chi connectivity index (χ4n) is 2.18. The van der Waals surface area contributed by atoms with Crippen molar-refractivity contribution in [3.05, 3.63) is 0 Å². The minimum absolute atomic E-state index is 0.0665. The number of hydrogen-bond acceptors (Lipinski definition) is 7. The molecule has 0 aromatic heterocycles. The van der Waals surface area contributed by atoms with Gasteiger partial charge in [0, 0.05) is 12.5 Å². The van der Waals surface area contributed by atoms with Crippen molar-refractivity contribution >= 4 is 5.91 Å². The molecular weight excluding hydrogens is 395 g/mol. The predicted octanol–water partition coefficient (Wildman–Crippen LogP) is 1.57. The summed E-state index contributed by atoms with van der Waals surface area (Å²) in [6.45, 7) is 15.0. The van der Waals surface area contributed by atoms with Crippen LogP contribution in [-0.4, -0.2) is 96.8 Å². The van der Waals surface area contributed by atoms with Crippen molar-refractivity contribution < 1.29 is 32.9 Å². The van der Waals surface area contributed by atoms with Crippen LogP contribution >= 0.6 is 0 Å². The van der Waals surface area contributed by atoms with E-state index in [4.69, 9.17) is 23.7 Å². The lowest BCUT2D eigenvalue weighted by atomic mass is 10.0. The average molecular weight is 439 g/mol. The largest absolute Gasteiger partial charge is 0.378 e. The second-order valence-corrected chi connectivity index (χ2v) is 7.62. The molecule has 0 spiro atoms. The van der Waals surface area contributed by atoms with Gasteiger partial charge in [0.2, 0.25) is 5.91 Å². The van der Waals surface area contributed by atoms with Crippen molar-refractivity contribution in [1.29, 1.82) is 0 Å². The maximum Gasteiger partial charge on any atom is 0.222 e. The van der Waals surface area contributed by atoms with Crippen LogP contribution in [0.5, 0.6) is 0 Å². The van der Waals surface area contributed by atoms with Crippen LogP contribution in [0.25, 0.3) is 0 Å². The Morgan fingerprint density at radius 2 is 1.33 bits per heavy atom. The van der Waals surface area contributed by atoms with Crippen molar-refractivity contribution in [3.63, 3.8) is 0 Å². The highest BCUT2D eigenvalue weighted by atomic mass is 19.1. The van der Waals surface area contributed by atoms with Gasteiger partial charge in [0.25, 0.3) is 0 Å². The van der Waals surface area contributed by atoms with Gasteiger partial charge in [-0.25, -0.2) is 4.39 Å². The van der Waals surface area contributed by atoms with Gasteiger partial charge in [-0.3, -0.25) is 4.79 Å². The average Bonchev–Trinajstić information content (AvgIpc) is 2.71. The summed E-state index contributed by atoms with van der Waals surface area (Å²) in [7, 11) is 0. The standard InChI is InChI=1S/C21H43FN2O6/c1-6-23-7-8-26-9-10-27-11-12-28-13-14-29-15-16-30-21(4,5)19(22)17-24-20(25)18(2)3/h18-19,23H,6-17H2,1-5H3,(H,24,25). The molecule has 0 radical (unpaired) electrons. The number of carbonyl (C=O) groups is 1. The summed E-state index contributed by atoms with van der Waals surface area (Å²) >= 11 is 0. The van der Waals surface area contributed by atoms with Crippen LogP contribution in [0, 0.1) is 5.92 Å². The number of rotatable bonds is 21. The van der Waals surface area contributed by atoms with Crippen molar-refractivity contribution in [2.75, 3.05) is 79.1 Å². The molecule has 180 valence electrons. The number of amides is 1. The number of alkyl halides is 1. The fraction of sp³-hybridized carbons (Fsp3) is 0.952. The third-order valence-electron chi connectivity index (χ3n) is 4.23. The van der Waals surface area contributed by atoms with Gasteiger partial charge in [-0.2, -0.15) is 0 Å². The highest BCUT2D eigenvalue weighted by Crippen LogP contribution is 2.17. The lowest BCUT2D eigenvalue weighted by Crippen LogP contribution is -2.45. The van der Waals surface area contributed by atoms with Crippen LogP contribution in [0.1, 0.15) is 34.6 Å². The quantitative estimate of drug-likeness (QED) is 0.263. The van der Waals surface area contributed by atoms with E-state index in [0.717, 1.165) is 13.1 Å². The zero-order valence-corrected chi connectivity index (χ0v) is 19.5. The molecule has 0 heterocycles. The van der Waals surface area contributed by atoms with E-state index in [2.05, 4.69) is 17.6 Å². The molecule has 0 fully saturated rings. The molecule has 0 bridgehead atoms. The Balaban J connectivity index is 3.46. The summed E-state index contributed by atoms with van der Waals surface area (Å²) in [6.07, 6.45) is -1.30. The van der Waals surface area contributed by atoms with Gasteiger partial charge in [0.15, 0.2) is 0 Å². The topological polar surface area (TPSA) is 87.3 Å². The van der Waals surface area contributed by atoms with Crippen LogP contribution in [0.15, 0.2) is 0 Å². The summed E-state index contributed by atoms with van der Waals surface area (Å²) in [5.41, 5.74) is -1.00. The molecule has 1 atom stereocenters. The molecule has 0 rings (SSSR count). The van der Waals surface area contributed by atoms with E-state index >= 15 is 0 Å². The Hall–Kier alpha value is -0.840. The fourth-order valence-corrected chi connectivity index (χ4v) is 2.18. The minimum atomic E-state index is -1.30. The third-order valence-corrected chi connectivity index (χ3v) is 4.23. The number of halogens is 1. The molecule has 0 aliphatic carbocycles. The monoisotopic (exact) mass is 438 g/mol. The Morgan fingerprint density at radius 1 is 0.867 bits per heavy atom. The van der Waals surface area contributed by atoms with Gasteiger partial charge in [0.05, 0.1) is 71.6 Å². The Bertz CT molecular complexity index is 413. The second-order valence-electron chi connectivity index (χ2n) is 7.62. The summed E-state index contributed by atoms with van der Waals surface area (Å²) in [4.78, 5) is 11.5. The molecule has 1 amide bonds. The molecule has 0 aliphatic heterocycles. The lowest BCUT2D eigenvalue weighted by Gasteiger charge is -2.29. The maximum atomic E-state index is 14.3. The van der Waals surface area contributed by atoms with Crippen LogP contribution < -0.4 is 10.6 Å². The maximum absolute atomic E-state index is 14.3. The van der Waals surface area contributed by atoms with Gasteiger partial charge in [-0.05, 0) is 20.4 Å². The lowest BCUT2D eigenvalue weighted by molar-refractivity contribution is -0.125. The zero-order chi connectivity index (χ0) is 22.7. The van der Waals surface area contributed by atoms with Crippen LogP contribution in [0.4, 0.5) is 4.39 Å². The number of hydrogen-bond donors (Lipinski definition) is 2. The first-order chi connectivity index (χ1) is 14.3. The van der Waals surface area contributed by atoms with E-state index in [1.54, 1.807) is 27.7 Å². The van der Waals surface area contributed by atoms with E-state index < -0.39 is 11.8 Å². The number of ether oxygens (including phenoxy) is 5. The first-order valence-electron chi connectivity index (χ1n) is 10.9. The highest BCUT2D eigenvalue weighted by molar-refractivity contribution is 5.77. The summed E-state index contributed by atoms with van der Waals surface area (Å²) < 4.78 is 41.5. The molecule has 0 saturated heterocycles. The molecule has 9 heteroatoms. The van der Waals surface area contributed by atoms with Crippen LogP contribution in [0.2, 0.25) is 0 Å². The van der Waals surface area contributed by atoms with Gasteiger partial charge >= 0.3 is 0 Å². The minimum Gasteiger partial charge on any atom is -0.378 e. The predicted molar refractivity (Wildman–Crippen MR) is 115 cm³/mol. The molecule has 0 aromatic rings. The number of likely N-dealkylation sites (N-methyl/N-ethyl adjacent to an activating group) is 1. The molecule has 8 nitrogen and oxygen atoms in total. The second kappa shape index (κ2) is 18.9. The Labute approximate surface area is 181 Å². The van der Waals surface area contributed by atoms with Gasteiger partial charge < -0.3 is 34.3 Å². The first-order valence-corrected chi connectivity index (χ1v) is 10.9. The molecular formula is C21H43FN2O6. The number of carbonyl (C=O) groups excluding carboxylic acids is 1. The summed E-state index contributed by atoms with van der Waals surface area (Å²) in [5.74, 6) is -0.342. The Kier molecular flexibility index (Phi) is 18.4. The van der Waals surface area contributed by atoms with E-state index in [0.29, 0.717) is 52.9 Å². The van der Waals surface area contributed by atoms with E-state index in [1.165, 1.54) is 0 Å². The number of nitrogens with one attached hydrogen (secondary N) is 2. The van der Waals surface area contributed by atoms with E-state index in [-0.39, 0.29) is 25.0 Å². The van der Waals surface area contributed by atoms with Crippen molar-refractivity contribution in [2.24, 2.45) is 5.92 Å². The van der Waals surface area contributed by atoms with Crippen molar-refractivity contribution in [1.82, 2.24) is 10.6 Å². The van der Waals surface area contributed by atoms with Crippen LogP contribution in [0.3, 0.4) is 0 Å². The smallest absolute Gasteiger partial charge is 0.222 e. The molecule has 30 heavy (non-hydrogen) atoms. The Morgan fingerprint density at radius 3 is 1.80 bits per heavy atom. The van der Waals surface area contributed by atoms with E-state index in [9.17, 15) is 9.18 Å². The van der Waals surface area contributed by atoms with Crippen molar-refractivity contribution in [2.45, 2.75) is 46.4 Å². The molecule has 0 saturated carbocycles. The van der Waals surface area contributed by atoms with Gasteiger partial charge in [0.1, 0.15) is 6.17 Å². The SMILES string of the molecule is CCNCCOCCOCCOCCOCCOC(C)(C)C(F)CNC(=O)C(C)C.